The molecule has 1 saturated heterocycles. The Hall–Kier alpha value is -2.97. The Labute approximate surface area is 149 Å². The van der Waals surface area contributed by atoms with E-state index in [0.717, 1.165) is 11.0 Å². The Kier molecular flexibility index (Phi) is 5.91. The number of hydrogen-bond donors (Lipinski definition) is 2. The second kappa shape index (κ2) is 7.94. The largest absolute Gasteiger partial charge is 0.454 e. The predicted octanol–water partition coefficient (Wildman–Crippen LogP) is 1.42. The van der Waals surface area contributed by atoms with Gasteiger partial charge in [-0.15, -0.1) is 0 Å². The van der Waals surface area contributed by atoms with Crippen LogP contribution >= 0.6 is 0 Å². The summed E-state index contributed by atoms with van der Waals surface area (Å²) in [5.41, 5.74) is -0.789. The summed E-state index contributed by atoms with van der Waals surface area (Å²) in [5, 5.41) is 4.95. The van der Waals surface area contributed by atoms with Gasteiger partial charge in [0.2, 0.25) is 0 Å². The van der Waals surface area contributed by atoms with Crippen molar-refractivity contribution in [1.82, 2.24) is 10.2 Å². The maximum absolute atomic E-state index is 13.0. The number of carbonyl (C=O) groups excluding carboxylic acids is 4. The van der Waals surface area contributed by atoms with Gasteiger partial charge in [-0.05, 0) is 31.0 Å². The van der Waals surface area contributed by atoms with E-state index in [-0.39, 0.29) is 5.69 Å². The molecule has 0 spiro atoms. The molecule has 26 heavy (non-hydrogen) atoms. The second-order valence-corrected chi connectivity index (χ2v) is 5.83. The standard InChI is InChI=1S/C17H20FN3O5/c1-3-17(4-2)15(24)21(16(25)20-17)9-14(23)26-10-13(22)19-12-7-5-6-11(18)8-12/h5-8H,3-4,9-10H2,1-2H3,(H,19,22)(H,20,25). The lowest BCUT2D eigenvalue weighted by atomic mass is 9.93. The minimum atomic E-state index is -1.01. The van der Waals surface area contributed by atoms with Crippen molar-refractivity contribution in [3.63, 3.8) is 0 Å². The number of amides is 4. The minimum Gasteiger partial charge on any atom is -0.454 e. The number of imide groups is 1. The fourth-order valence-electron chi connectivity index (χ4n) is 2.63. The molecule has 0 unspecified atom stereocenters. The second-order valence-electron chi connectivity index (χ2n) is 5.83. The maximum Gasteiger partial charge on any atom is 0.326 e. The van der Waals surface area contributed by atoms with Crippen LogP contribution in [0.4, 0.5) is 14.9 Å². The van der Waals surface area contributed by atoms with Gasteiger partial charge in [-0.3, -0.25) is 19.3 Å². The molecule has 0 atom stereocenters. The summed E-state index contributed by atoms with van der Waals surface area (Å²) in [7, 11) is 0. The quantitative estimate of drug-likeness (QED) is 0.562. The van der Waals surface area contributed by atoms with Crippen molar-refractivity contribution in [2.75, 3.05) is 18.5 Å². The zero-order valence-electron chi connectivity index (χ0n) is 14.5. The highest BCUT2D eigenvalue weighted by Gasteiger charge is 2.49. The molecule has 1 fully saturated rings. The molecule has 0 aliphatic carbocycles. The van der Waals surface area contributed by atoms with Crippen LogP contribution < -0.4 is 10.6 Å². The number of esters is 1. The Morgan fingerprint density at radius 3 is 2.54 bits per heavy atom. The number of carbonyl (C=O) groups is 4. The SMILES string of the molecule is CCC1(CC)NC(=O)N(CC(=O)OCC(=O)Nc2cccc(F)c2)C1=O. The van der Waals surface area contributed by atoms with Crippen LogP contribution in [0, 0.1) is 5.82 Å². The van der Waals surface area contributed by atoms with Gasteiger partial charge in [-0.1, -0.05) is 19.9 Å². The zero-order chi connectivity index (χ0) is 19.3. The van der Waals surface area contributed by atoms with E-state index >= 15 is 0 Å². The van der Waals surface area contributed by atoms with Crippen LogP contribution in [-0.4, -0.2) is 47.4 Å². The molecular weight excluding hydrogens is 345 g/mol. The molecule has 2 N–H and O–H groups in total. The fourth-order valence-corrected chi connectivity index (χ4v) is 2.63. The van der Waals surface area contributed by atoms with Crippen molar-refractivity contribution >= 4 is 29.5 Å². The molecule has 1 aliphatic heterocycles. The van der Waals surface area contributed by atoms with Crippen LogP contribution in [0.25, 0.3) is 0 Å². The molecule has 2 rings (SSSR count). The number of anilines is 1. The highest BCUT2D eigenvalue weighted by Crippen LogP contribution is 2.24. The molecule has 0 bridgehead atoms. The van der Waals surface area contributed by atoms with Gasteiger partial charge >= 0.3 is 12.0 Å². The van der Waals surface area contributed by atoms with Crippen LogP contribution in [-0.2, 0) is 19.1 Å². The van der Waals surface area contributed by atoms with Crippen molar-refractivity contribution in [2.45, 2.75) is 32.2 Å². The van der Waals surface area contributed by atoms with Crippen molar-refractivity contribution < 1.29 is 28.3 Å². The molecule has 8 nitrogen and oxygen atoms in total. The van der Waals surface area contributed by atoms with E-state index in [1.165, 1.54) is 18.2 Å². The van der Waals surface area contributed by atoms with E-state index in [9.17, 15) is 23.6 Å². The monoisotopic (exact) mass is 365 g/mol. The predicted molar refractivity (Wildman–Crippen MR) is 89.5 cm³/mol. The fraction of sp³-hybridized carbons (Fsp3) is 0.412. The van der Waals surface area contributed by atoms with E-state index in [4.69, 9.17) is 4.74 Å². The molecule has 1 aliphatic rings. The first-order valence-corrected chi connectivity index (χ1v) is 8.16. The lowest BCUT2D eigenvalue weighted by Crippen LogP contribution is -2.46. The highest BCUT2D eigenvalue weighted by molar-refractivity contribution is 6.08. The number of nitrogens with one attached hydrogen (secondary N) is 2. The molecule has 9 heteroatoms. The maximum atomic E-state index is 13.0. The first-order valence-electron chi connectivity index (χ1n) is 8.16. The third-order valence-electron chi connectivity index (χ3n) is 4.21. The average Bonchev–Trinajstić information content (AvgIpc) is 2.84. The van der Waals surface area contributed by atoms with Gasteiger partial charge in [-0.25, -0.2) is 9.18 Å². The summed E-state index contributed by atoms with van der Waals surface area (Å²) in [4.78, 5) is 48.7. The Bertz CT molecular complexity index is 733. The number of nitrogens with zero attached hydrogens (tertiary/aromatic N) is 1. The number of urea groups is 1. The average molecular weight is 365 g/mol. The van der Waals surface area contributed by atoms with Crippen LogP contribution in [0.1, 0.15) is 26.7 Å². The Morgan fingerprint density at radius 1 is 1.27 bits per heavy atom. The third-order valence-corrected chi connectivity index (χ3v) is 4.21. The Balaban J connectivity index is 1.86. The van der Waals surface area contributed by atoms with Crippen LogP contribution in [0.2, 0.25) is 0 Å². The first kappa shape index (κ1) is 19.4. The molecule has 0 saturated carbocycles. The van der Waals surface area contributed by atoms with Gasteiger partial charge < -0.3 is 15.4 Å². The molecule has 0 radical (unpaired) electrons. The van der Waals surface area contributed by atoms with Gasteiger partial charge in [0, 0.05) is 5.69 Å². The summed E-state index contributed by atoms with van der Waals surface area (Å²) in [5.74, 6) is -2.58. The van der Waals surface area contributed by atoms with Crippen molar-refractivity contribution in [3.8, 4) is 0 Å². The summed E-state index contributed by atoms with van der Waals surface area (Å²) in [6.45, 7) is 2.33. The number of ether oxygens (including phenoxy) is 1. The van der Waals surface area contributed by atoms with Crippen molar-refractivity contribution in [3.05, 3.63) is 30.1 Å². The minimum absolute atomic E-state index is 0.218. The zero-order valence-corrected chi connectivity index (χ0v) is 14.5. The summed E-state index contributed by atoms with van der Waals surface area (Å²) >= 11 is 0. The third kappa shape index (κ3) is 4.16. The lowest BCUT2D eigenvalue weighted by Gasteiger charge is -2.22. The number of rotatable bonds is 7. The van der Waals surface area contributed by atoms with Crippen molar-refractivity contribution in [2.24, 2.45) is 0 Å². The van der Waals surface area contributed by atoms with Crippen LogP contribution in [0.15, 0.2) is 24.3 Å². The summed E-state index contributed by atoms with van der Waals surface area (Å²) in [6.07, 6.45) is 0.797. The van der Waals surface area contributed by atoms with Gasteiger partial charge in [0.1, 0.15) is 17.9 Å². The highest BCUT2D eigenvalue weighted by atomic mass is 19.1. The Morgan fingerprint density at radius 2 is 1.96 bits per heavy atom. The summed E-state index contributed by atoms with van der Waals surface area (Å²) in [6, 6.07) is 4.57. The van der Waals surface area contributed by atoms with E-state index in [1.807, 2.05) is 0 Å². The van der Waals surface area contributed by atoms with Crippen LogP contribution in [0.3, 0.4) is 0 Å². The van der Waals surface area contributed by atoms with E-state index < -0.39 is 48.3 Å². The van der Waals surface area contributed by atoms with E-state index in [0.29, 0.717) is 12.8 Å². The number of benzene rings is 1. The first-order chi connectivity index (χ1) is 12.3. The molecule has 1 heterocycles. The van der Waals surface area contributed by atoms with Crippen molar-refractivity contribution in [1.29, 1.82) is 0 Å². The molecule has 4 amide bonds. The van der Waals surface area contributed by atoms with E-state index in [2.05, 4.69) is 10.6 Å². The summed E-state index contributed by atoms with van der Waals surface area (Å²) < 4.78 is 17.8. The lowest BCUT2D eigenvalue weighted by molar-refractivity contribution is -0.150. The van der Waals surface area contributed by atoms with Gasteiger partial charge in [0.15, 0.2) is 6.61 Å². The number of hydrogen-bond acceptors (Lipinski definition) is 5. The smallest absolute Gasteiger partial charge is 0.326 e. The van der Waals surface area contributed by atoms with Crippen LogP contribution in [0.5, 0.6) is 0 Å². The topological polar surface area (TPSA) is 105 Å². The van der Waals surface area contributed by atoms with Gasteiger partial charge in [0.05, 0.1) is 0 Å². The molecular formula is C17H20FN3O5. The molecule has 140 valence electrons. The van der Waals surface area contributed by atoms with Gasteiger partial charge in [0.25, 0.3) is 11.8 Å². The molecule has 0 aromatic heterocycles. The number of halogens is 1. The molecule has 1 aromatic carbocycles. The normalized spacial score (nSPS) is 15.6. The molecule has 1 aromatic rings. The van der Waals surface area contributed by atoms with E-state index in [1.54, 1.807) is 13.8 Å². The van der Waals surface area contributed by atoms with Gasteiger partial charge in [-0.2, -0.15) is 0 Å².